The van der Waals surface area contributed by atoms with E-state index in [0.717, 1.165) is 24.3 Å². The number of hydrogen-bond donors (Lipinski definition) is 1. The standard InChI is InChI=1S/C15H19N3O3/c1-3-18(7-8-21-4-2)14-12-6-5-11(15(19)20)9-13(12)16-10-17-14/h5-6,9-10H,3-4,7-8H2,1-2H3,(H,19,20). The molecule has 1 N–H and O–H groups in total. The number of carboxylic acids is 1. The fraction of sp³-hybridized carbons (Fsp3) is 0.400. The van der Waals surface area contributed by atoms with Crippen LogP contribution in [-0.2, 0) is 4.74 Å². The van der Waals surface area contributed by atoms with E-state index in [0.29, 0.717) is 18.7 Å². The molecule has 0 amide bonds. The van der Waals surface area contributed by atoms with Gasteiger partial charge in [0.05, 0.1) is 17.7 Å². The third kappa shape index (κ3) is 3.46. The van der Waals surface area contributed by atoms with E-state index >= 15 is 0 Å². The van der Waals surface area contributed by atoms with Gasteiger partial charge < -0.3 is 14.7 Å². The fourth-order valence-electron chi connectivity index (χ4n) is 2.16. The number of fused-ring (bicyclic) bond motifs is 1. The van der Waals surface area contributed by atoms with Gasteiger partial charge in [0.1, 0.15) is 12.1 Å². The van der Waals surface area contributed by atoms with Crippen LogP contribution < -0.4 is 4.90 Å². The molecular weight excluding hydrogens is 270 g/mol. The van der Waals surface area contributed by atoms with Gasteiger partial charge in [-0.3, -0.25) is 0 Å². The lowest BCUT2D eigenvalue weighted by Crippen LogP contribution is -2.28. The number of carboxylic acid groups (broad SMARTS) is 1. The Balaban J connectivity index is 2.36. The second-order valence-electron chi connectivity index (χ2n) is 4.51. The van der Waals surface area contributed by atoms with E-state index in [2.05, 4.69) is 14.9 Å². The SMILES string of the molecule is CCOCCN(CC)c1ncnc2cc(C(=O)O)ccc12. The Morgan fingerprint density at radius 3 is 2.81 bits per heavy atom. The summed E-state index contributed by atoms with van der Waals surface area (Å²) in [7, 11) is 0. The van der Waals surface area contributed by atoms with Crippen LogP contribution in [0.3, 0.4) is 0 Å². The van der Waals surface area contributed by atoms with Crippen molar-refractivity contribution in [2.75, 3.05) is 31.2 Å². The summed E-state index contributed by atoms with van der Waals surface area (Å²) in [5, 5.41) is 9.89. The van der Waals surface area contributed by atoms with Crippen molar-refractivity contribution in [2.45, 2.75) is 13.8 Å². The van der Waals surface area contributed by atoms with Crippen LogP contribution in [0.4, 0.5) is 5.82 Å². The zero-order chi connectivity index (χ0) is 15.2. The number of hydrogen-bond acceptors (Lipinski definition) is 5. The van der Waals surface area contributed by atoms with Gasteiger partial charge in [-0.05, 0) is 32.0 Å². The van der Waals surface area contributed by atoms with Crippen molar-refractivity contribution in [3.63, 3.8) is 0 Å². The molecule has 21 heavy (non-hydrogen) atoms. The van der Waals surface area contributed by atoms with Gasteiger partial charge in [0.15, 0.2) is 0 Å². The van der Waals surface area contributed by atoms with E-state index in [9.17, 15) is 4.79 Å². The molecule has 1 aromatic heterocycles. The summed E-state index contributed by atoms with van der Waals surface area (Å²) in [5.74, 6) is -0.153. The molecule has 112 valence electrons. The summed E-state index contributed by atoms with van der Waals surface area (Å²) in [4.78, 5) is 21.6. The van der Waals surface area contributed by atoms with Crippen LogP contribution in [0.5, 0.6) is 0 Å². The van der Waals surface area contributed by atoms with E-state index < -0.39 is 5.97 Å². The first-order valence-electron chi connectivity index (χ1n) is 6.98. The first kappa shape index (κ1) is 15.2. The van der Waals surface area contributed by atoms with Crippen LogP contribution in [0.2, 0.25) is 0 Å². The molecule has 0 aliphatic heterocycles. The minimum absolute atomic E-state index is 0.226. The van der Waals surface area contributed by atoms with Gasteiger partial charge in [-0.2, -0.15) is 0 Å². The van der Waals surface area contributed by atoms with E-state index in [1.165, 1.54) is 6.33 Å². The van der Waals surface area contributed by atoms with Crippen molar-refractivity contribution < 1.29 is 14.6 Å². The lowest BCUT2D eigenvalue weighted by atomic mass is 10.1. The van der Waals surface area contributed by atoms with Gasteiger partial charge in [-0.1, -0.05) is 0 Å². The molecule has 6 heteroatoms. The molecule has 2 aromatic rings. The van der Waals surface area contributed by atoms with E-state index in [-0.39, 0.29) is 5.56 Å². The highest BCUT2D eigenvalue weighted by atomic mass is 16.5. The lowest BCUT2D eigenvalue weighted by molar-refractivity contribution is 0.0697. The third-order valence-corrected chi connectivity index (χ3v) is 3.25. The van der Waals surface area contributed by atoms with Crippen molar-refractivity contribution >= 4 is 22.7 Å². The van der Waals surface area contributed by atoms with Crippen molar-refractivity contribution in [3.8, 4) is 0 Å². The lowest BCUT2D eigenvalue weighted by Gasteiger charge is -2.22. The molecule has 1 heterocycles. The van der Waals surface area contributed by atoms with Crippen LogP contribution in [-0.4, -0.2) is 47.3 Å². The Morgan fingerprint density at radius 2 is 2.14 bits per heavy atom. The first-order valence-corrected chi connectivity index (χ1v) is 6.98. The van der Waals surface area contributed by atoms with E-state index in [1.54, 1.807) is 18.2 Å². The van der Waals surface area contributed by atoms with Gasteiger partial charge in [0.25, 0.3) is 0 Å². The predicted molar refractivity (Wildman–Crippen MR) is 80.9 cm³/mol. The smallest absolute Gasteiger partial charge is 0.335 e. The Bertz CT molecular complexity index is 631. The molecule has 0 unspecified atom stereocenters. The second-order valence-corrected chi connectivity index (χ2v) is 4.51. The predicted octanol–water partition coefficient (Wildman–Crippen LogP) is 2.19. The van der Waals surface area contributed by atoms with Crippen molar-refractivity contribution in [1.29, 1.82) is 0 Å². The maximum Gasteiger partial charge on any atom is 0.335 e. The molecule has 0 saturated heterocycles. The average Bonchev–Trinajstić information content (AvgIpc) is 2.50. The van der Waals surface area contributed by atoms with E-state index in [4.69, 9.17) is 9.84 Å². The van der Waals surface area contributed by atoms with Crippen LogP contribution in [0, 0.1) is 0 Å². The summed E-state index contributed by atoms with van der Waals surface area (Å²) >= 11 is 0. The van der Waals surface area contributed by atoms with E-state index in [1.807, 2.05) is 13.8 Å². The fourth-order valence-corrected chi connectivity index (χ4v) is 2.16. The molecule has 0 fully saturated rings. The average molecular weight is 289 g/mol. The second kappa shape index (κ2) is 6.99. The Kier molecular flexibility index (Phi) is 5.05. The number of nitrogens with zero attached hydrogens (tertiary/aromatic N) is 3. The molecule has 2 rings (SSSR count). The highest BCUT2D eigenvalue weighted by Gasteiger charge is 2.12. The molecule has 1 aromatic carbocycles. The van der Waals surface area contributed by atoms with Crippen molar-refractivity contribution in [1.82, 2.24) is 9.97 Å². The third-order valence-electron chi connectivity index (χ3n) is 3.25. The van der Waals surface area contributed by atoms with Gasteiger partial charge in [-0.15, -0.1) is 0 Å². The van der Waals surface area contributed by atoms with Crippen LogP contribution in [0.15, 0.2) is 24.5 Å². The molecule has 6 nitrogen and oxygen atoms in total. The zero-order valence-corrected chi connectivity index (χ0v) is 12.2. The Hall–Kier alpha value is -2.21. The molecule has 0 bridgehead atoms. The molecule has 0 atom stereocenters. The van der Waals surface area contributed by atoms with Crippen LogP contribution >= 0.6 is 0 Å². The van der Waals surface area contributed by atoms with Crippen LogP contribution in [0.25, 0.3) is 10.9 Å². The molecule has 0 saturated carbocycles. The van der Waals surface area contributed by atoms with Gasteiger partial charge in [-0.25, -0.2) is 14.8 Å². The number of benzene rings is 1. The Morgan fingerprint density at radius 1 is 1.33 bits per heavy atom. The number of aromatic nitrogens is 2. The zero-order valence-electron chi connectivity index (χ0n) is 12.2. The van der Waals surface area contributed by atoms with Gasteiger partial charge in [0, 0.05) is 25.1 Å². The highest BCUT2D eigenvalue weighted by Crippen LogP contribution is 2.23. The monoisotopic (exact) mass is 289 g/mol. The molecule has 0 aliphatic rings. The topological polar surface area (TPSA) is 75.5 Å². The first-order chi connectivity index (χ1) is 10.2. The maximum atomic E-state index is 11.0. The van der Waals surface area contributed by atoms with Gasteiger partial charge >= 0.3 is 5.97 Å². The highest BCUT2D eigenvalue weighted by molar-refractivity contribution is 5.96. The van der Waals surface area contributed by atoms with Crippen molar-refractivity contribution in [3.05, 3.63) is 30.1 Å². The van der Waals surface area contributed by atoms with Crippen molar-refractivity contribution in [2.24, 2.45) is 0 Å². The summed E-state index contributed by atoms with van der Waals surface area (Å²) < 4.78 is 5.39. The number of rotatable bonds is 7. The summed E-state index contributed by atoms with van der Waals surface area (Å²) in [6, 6.07) is 4.91. The summed E-state index contributed by atoms with van der Waals surface area (Å²) in [6.45, 7) is 6.85. The minimum Gasteiger partial charge on any atom is -0.478 e. The maximum absolute atomic E-state index is 11.0. The summed E-state index contributed by atoms with van der Waals surface area (Å²) in [6.07, 6.45) is 1.46. The minimum atomic E-state index is -0.958. The number of carbonyl (C=O) groups is 1. The molecule has 0 radical (unpaired) electrons. The number of anilines is 1. The Labute approximate surface area is 123 Å². The number of likely N-dealkylation sites (N-methyl/N-ethyl adjacent to an activating group) is 1. The quantitative estimate of drug-likeness (QED) is 0.787. The number of aromatic carboxylic acids is 1. The number of ether oxygens (including phenoxy) is 1. The van der Waals surface area contributed by atoms with Gasteiger partial charge in [0.2, 0.25) is 0 Å². The molecule has 0 aliphatic carbocycles. The molecule has 0 spiro atoms. The summed E-state index contributed by atoms with van der Waals surface area (Å²) in [5.41, 5.74) is 0.860. The largest absolute Gasteiger partial charge is 0.478 e. The molecular formula is C15H19N3O3. The normalized spacial score (nSPS) is 10.8. The van der Waals surface area contributed by atoms with Crippen LogP contribution in [0.1, 0.15) is 24.2 Å².